The molecule has 26 heavy (non-hydrogen) atoms. The number of benzene rings is 1. The van der Waals surface area contributed by atoms with E-state index in [1.807, 2.05) is 12.1 Å². The molecule has 0 aliphatic heterocycles. The summed E-state index contributed by atoms with van der Waals surface area (Å²) < 4.78 is 10.5. The van der Waals surface area contributed by atoms with Crippen LogP contribution in [0.5, 0.6) is 5.75 Å². The maximum absolute atomic E-state index is 12.1. The third-order valence-electron chi connectivity index (χ3n) is 3.45. The molecule has 0 aliphatic rings. The van der Waals surface area contributed by atoms with E-state index in [1.54, 1.807) is 25.1 Å². The minimum atomic E-state index is -0.908. The number of aryl methyl sites for hydroxylation is 1. The number of ether oxygens (including phenoxy) is 2. The van der Waals surface area contributed by atoms with Crippen molar-refractivity contribution in [3.8, 4) is 17.9 Å². The third kappa shape index (κ3) is 7.00. The SMILES string of the molecule is Cc1cc(Cl)ccc1OC(C)C(=O)OCC(=O)N(CCC#N)CCC#N. The van der Waals surface area contributed by atoms with Crippen molar-refractivity contribution < 1.29 is 19.1 Å². The molecule has 0 saturated carbocycles. The van der Waals surface area contributed by atoms with Crippen LogP contribution in [-0.2, 0) is 14.3 Å². The Morgan fingerprint density at radius 2 is 1.85 bits per heavy atom. The molecule has 1 aromatic carbocycles. The fraction of sp³-hybridized carbons (Fsp3) is 0.444. The maximum Gasteiger partial charge on any atom is 0.347 e. The van der Waals surface area contributed by atoms with Gasteiger partial charge in [-0.2, -0.15) is 10.5 Å². The Hall–Kier alpha value is -2.77. The van der Waals surface area contributed by atoms with Gasteiger partial charge in [0.25, 0.3) is 5.91 Å². The Labute approximate surface area is 157 Å². The van der Waals surface area contributed by atoms with Gasteiger partial charge in [-0.25, -0.2) is 4.79 Å². The van der Waals surface area contributed by atoms with Crippen molar-refractivity contribution in [3.63, 3.8) is 0 Å². The lowest BCUT2D eigenvalue weighted by molar-refractivity contribution is -0.157. The minimum Gasteiger partial charge on any atom is -0.479 e. The number of carbonyl (C=O) groups is 2. The number of halogens is 1. The number of esters is 1. The van der Waals surface area contributed by atoms with Gasteiger partial charge in [-0.1, -0.05) is 11.6 Å². The molecule has 0 aromatic heterocycles. The van der Waals surface area contributed by atoms with Crippen LogP contribution < -0.4 is 4.74 Å². The molecule has 1 unspecified atom stereocenters. The quantitative estimate of drug-likeness (QED) is 0.613. The van der Waals surface area contributed by atoms with Crippen LogP contribution in [0.25, 0.3) is 0 Å². The molecular formula is C18H20ClN3O4. The second kappa shape index (κ2) is 11.0. The first kappa shape index (κ1) is 21.3. The Kier molecular flexibility index (Phi) is 8.97. The van der Waals surface area contributed by atoms with Gasteiger partial charge in [0.1, 0.15) is 5.75 Å². The van der Waals surface area contributed by atoms with Crippen LogP contribution in [0.4, 0.5) is 0 Å². The number of carbonyl (C=O) groups excluding carboxylic acids is 2. The minimum absolute atomic E-state index is 0.139. The van der Waals surface area contributed by atoms with E-state index < -0.39 is 24.6 Å². The van der Waals surface area contributed by atoms with E-state index >= 15 is 0 Å². The van der Waals surface area contributed by atoms with Crippen LogP contribution in [0.15, 0.2) is 18.2 Å². The van der Waals surface area contributed by atoms with Crippen molar-refractivity contribution in [3.05, 3.63) is 28.8 Å². The van der Waals surface area contributed by atoms with Crippen LogP contribution in [0, 0.1) is 29.6 Å². The Balaban J connectivity index is 2.56. The summed E-state index contributed by atoms with van der Waals surface area (Å²) in [4.78, 5) is 25.5. The van der Waals surface area contributed by atoms with E-state index in [9.17, 15) is 9.59 Å². The number of hydrogen-bond acceptors (Lipinski definition) is 6. The molecule has 0 saturated heterocycles. The summed E-state index contributed by atoms with van der Waals surface area (Å²) in [5.74, 6) is -0.651. The summed E-state index contributed by atoms with van der Waals surface area (Å²) in [5, 5.41) is 17.8. The molecule has 0 radical (unpaired) electrons. The predicted octanol–water partition coefficient (Wildman–Crippen LogP) is 2.61. The Morgan fingerprint density at radius 1 is 1.23 bits per heavy atom. The summed E-state index contributed by atoms with van der Waals surface area (Å²) in [6, 6.07) is 8.88. The molecule has 0 heterocycles. The number of nitrogens with zero attached hydrogens (tertiary/aromatic N) is 3. The molecule has 0 aliphatic carbocycles. The largest absolute Gasteiger partial charge is 0.479 e. The van der Waals surface area contributed by atoms with Crippen molar-refractivity contribution in [2.45, 2.75) is 32.8 Å². The number of rotatable bonds is 9. The standard InChI is InChI=1S/C18H20ClN3O4/c1-13-11-15(19)5-6-16(13)26-14(2)18(24)25-12-17(23)22(9-3-7-20)10-4-8-21/h5-6,11,14H,3-4,9-10,12H2,1-2H3. The van der Waals surface area contributed by atoms with Gasteiger partial charge in [0, 0.05) is 18.1 Å². The molecule has 0 fully saturated rings. The van der Waals surface area contributed by atoms with Crippen LogP contribution in [-0.4, -0.2) is 42.6 Å². The van der Waals surface area contributed by atoms with Gasteiger partial charge in [0.2, 0.25) is 0 Å². The number of hydrogen-bond donors (Lipinski definition) is 0. The highest BCUT2D eigenvalue weighted by atomic mass is 35.5. The first-order valence-electron chi connectivity index (χ1n) is 8.00. The average Bonchev–Trinajstić information content (AvgIpc) is 2.61. The summed E-state index contributed by atoms with van der Waals surface area (Å²) >= 11 is 5.87. The topological polar surface area (TPSA) is 103 Å². The van der Waals surface area contributed by atoms with Gasteiger partial charge < -0.3 is 14.4 Å². The van der Waals surface area contributed by atoms with Crippen molar-refractivity contribution in [2.24, 2.45) is 0 Å². The average molecular weight is 378 g/mol. The smallest absolute Gasteiger partial charge is 0.347 e. The zero-order valence-electron chi connectivity index (χ0n) is 14.7. The van der Waals surface area contributed by atoms with Crippen LogP contribution in [0.1, 0.15) is 25.3 Å². The van der Waals surface area contributed by atoms with Crippen molar-refractivity contribution in [1.82, 2.24) is 4.90 Å². The summed E-state index contributed by atoms with van der Waals surface area (Å²) in [6.07, 6.45) is -0.629. The van der Waals surface area contributed by atoms with E-state index in [1.165, 1.54) is 11.8 Å². The molecular weight excluding hydrogens is 358 g/mol. The van der Waals surface area contributed by atoms with E-state index in [-0.39, 0.29) is 25.9 Å². The summed E-state index contributed by atoms with van der Waals surface area (Å²) in [6.45, 7) is 3.22. The lowest BCUT2D eigenvalue weighted by Crippen LogP contribution is -2.37. The first-order chi connectivity index (χ1) is 12.4. The molecule has 1 atom stereocenters. The lowest BCUT2D eigenvalue weighted by atomic mass is 10.2. The zero-order valence-corrected chi connectivity index (χ0v) is 15.5. The molecule has 0 spiro atoms. The predicted molar refractivity (Wildman–Crippen MR) is 94.3 cm³/mol. The molecule has 0 bridgehead atoms. The van der Waals surface area contributed by atoms with Crippen LogP contribution in [0.3, 0.4) is 0 Å². The fourth-order valence-corrected chi connectivity index (χ4v) is 2.28. The first-order valence-corrected chi connectivity index (χ1v) is 8.38. The Morgan fingerprint density at radius 3 is 2.38 bits per heavy atom. The highest BCUT2D eigenvalue weighted by Crippen LogP contribution is 2.23. The highest BCUT2D eigenvalue weighted by molar-refractivity contribution is 6.30. The molecule has 1 amide bonds. The second-order valence-electron chi connectivity index (χ2n) is 5.47. The normalized spacial score (nSPS) is 11.0. The van der Waals surface area contributed by atoms with Gasteiger partial charge in [-0.05, 0) is 37.6 Å². The summed E-state index contributed by atoms with van der Waals surface area (Å²) in [5.41, 5.74) is 0.771. The third-order valence-corrected chi connectivity index (χ3v) is 3.69. The maximum atomic E-state index is 12.1. The molecule has 1 aromatic rings. The van der Waals surface area contributed by atoms with Gasteiger partial charge in [0.15, 0.2) is 12.7 Å². The van der Waals surface area contributed by atoms with Crippen molar-refractivity contribution in [1.29, 1.82) is 10.5 Å². The van der Waals surface area contributed by atoms with Gasteiger partial charge in [-0.15, -0.1) is 0 Å². The van der Waals surface area contributed by atoms with E-state index in [0.29, 0.717) is 10.8 Å². The van der Waals surface area contributed by atoms with Gasteiger partial charge in [-0.3, -0.25) is 4.79 Å². The molecule has 8 heteroatoms. The molecule has 0 N–H and O–H groups in total. The Bertz CT molecular complexity index is 706. The highest BCUT2D eigenvalue weighted by Gasteiger charge is 2.21. The van der Waals surface area contributed by atoms with E-state index in [0.717, 1.165) is 5.56 Å². The van der Waals surface area contributed by atoms with Crippen molar-refractivity contribution in [2.75, 3.05) is 19.7 Å². The van der Waals surface area contributed by atoms with Gasteiger partial charge in [0.05, 0.1) is 25.0 Å². The second-order valence-corrected chi connectivity index (χ2v) is 5.91. The number of amides is 1. The van der Waals surface area contributed by atoms with E-state index in [2.05, 4.69) is 0 Å². The van der Waals surface area contributed by atoms with Crippen molar-refractivity contribution >= 4 is 23.5 Å². The van der Waals surface area contributed by atoms with Crippen LogP contribution in [0.2, 0.25) is 5.02 Å². The summed E-state index contributed by atoms with van der Waals surface area (Å²) in [7, 11) is 0. The van der Waals surface area contributed by atoms with Gasteiger partial charge >= 0.3 is 5.97 Å². The van der Waals surface area contributed by atoms with E-state index in [4.69, 9.17) is 31.6 Å². The molecule has 7 nitrogen and oxygen atoms in total. The molecule has 138 valence electrons. The lowest BCUT2D eigenvalue weighted by Gasteiger charge is -2.21. The van der Waals surface area contributed by atoms with Crippen LogP contribution >= 0.6 is 11.6 Å². The fourth-order valence-electron chi connectivity index (χ4n) is 2.06. The zero-order chi connectivity index (χ0) is 19.5. The monoisotopic (exact) mass is 377 g/mol. The number of nitriles is 2. The molecule has 1 rings (SSSR count).